The predicted molar refractivity (Wildman–Crippen MR) is 50.1 cm³/mol. The predicted octanol–water partition coefficient (Wildman–Crippen LogP) is -0.431. The van der Waals surface area contributed by atoms with Gasteiger partial charge in [0, 0.05) is 6.54 Å². The van der Waals surface area contributed by atoms with Crippen molar-refractivity contribution in [2.24, 2.45) is 0 Å². The van der Waals surface area contributed by atoms with Crippen molar-refractivity contribution < 1.29 is 14.9 Å². The van der Waals surface area contributed by atoms with Gasteiger partial charge in [-0.3, -0.25) is 4.72 Å². The molecule has 0 aliphatic rings. The molecule has 3 N–H and O–H groups in total. The summed E-state index contributed by atoms with van der Waals surface area (Å²) in [5, 5.41) is 18.2. The minimum absolute atomic E-state index is 0.227. The quantitative estimate of drug-likeness (QED) is 0.416. The third-order valence-electron chi connectivity index (χ3n) is 1.42. The maximum Gasteiger partial charge on any atom is 0.0906 e. The summed E-state index contributed by atoms with van der Waals surface area (Å²) in [5.41, 5.74) is 0. The molecule has 0 spiro atoms. The molecule has 0 fully saturated rings. The smallest absolute Gasteiger partial charge is 0.0906 e. The summed E-state index contributed by atoms with van der Waals surface area (Å²) in [4.78, 5) is 0. The van der Waals surface area contributed by atoms with E-state index in [2.05, 4.69) is 17.5 Å². The fourth-order valence-corrected chi connectivity index (χ4v) is 0.833. The van der Waals surface area contributed by atoms with E-state index >= 15 is 0 Å². The lowest BCUT2D eigenvalue weighted by molar-refractivity contribution is -0.00617. The molecule has 0 rings (SSSR count). The summed E-state index contributed by atoms with van der Waals surface area (Å²) < 4.78 is 7.55. The van der Waals surface area contributed by atoms with Gasteiger partial charge in [-0.05, 0) is 6.42 Å². The molecule has 0 heterocycles. The molecule has 2 unspecified atom stereocenters. The zero-order chi connectivity index (χ0) is 9.40. The number of aliphatic hydroxyl groups is 2. The van der Waals surface area contributed by atoms with Gasteiger partial charge in [-0.25, -0.2) is 0 Å². The van der Waals surface area contributed by atoms with Crippen molar-refractivity contribution in [3.8, 4) is 0 Å². The van der Waals surface area contributed by atoms with E-state index in [9.17, 15) is 0 Å². The van der Waals surface area contributed by atoms with Gasteiger partial charge in [0.05, 0.1) is 25.4 Å². The molecule has 4 nitrogen and oxygen atoms in total. The van der Waals surface area contributed by atoms with Crippen LogP contribution in [0.4, 0.5) is 0 Å². The summed E-state index contributed by atoms with van der Waals surface area (Å²) in [7, 11) is 0. The fourth-order valence-electron chi connectivity index (χ4n) is 0.622. The number of ether oxygens (including phenoxy) is 1. The van der Waals surface area contributed by atoms with Gasteiger partial charge >= 0.3 is 0 Å². The van der Waals surface area contributed by atoms with E-state index in [0.717, 1.165) is 0 Å². The highest BCUT2D eigenvalue weighted by atomic mass is 32.1. The Kier molecular flexibility index (Phi) is 7.94. The van der Waals surface area contributed by atoms with Crippen LogP contribution in [0.5, 0.6) is 0 Å². The molecule has 12 heavy (non-hydrogen) atoms. The number of hydrogen-bond donors (Lipinski definition) is 4. The maximum absolute atomic E-state index is 9.12. The van der Waals surface area contributed by atoms with Crippen molar-refractivity contribution in [3.05, 3.63) is 0 Å². The van der Waals surface area contributed by atoms with Crippen LogP contribution in [0.3, 0.4) is 0 Å². The Morgan fingerprint density at radius 2 is 1.92 bits per heavy atom. The van der Waals surface area contributed by atoms with Crippen LogP contribution in [0, 0.1) is 0 Å². The van der Waals surface area contributed by atoms with Gasteiger partial charge in [-0.15, -0.1) is 0 Å². The molecule has 0 amide bonds. The molecule has 0 aromatic carbocycles. The second kappa shape index (κ2) is 7.82. The first-order chi connectivity index (χ1) is 5.70. The Labute approximate surface area is 78.5 Å². The topological polar surface area (TPSA) is 61.7 Å². The first-order valence-electron chi connectivity index (χ1n) is 4.01. The molecular weight excluding hydrogens is 178 g/mol. The van der Waals surface area contributed by atoms with Gasteiger partial charge in [-0.2, -0.15) is 0 Å². The van der Waals surface area contributed by atoms with Crippen LogP contribution >= 0.6 is 12.8 Å². The molecule has 74 valence electrons. The molecule has 0 radical (unpaired) electrons. The third-order valence-corrected chi connectivity index (χ3v) is 1.60. The summed E-state index contributed by atoms with van der Waals surface area (Å²) in [6.07, 6.45) is -0.325. The molecule has 0 aromatic rings. The Morgan fingerprint density at radius 3 is 2.42 bits per heavy atom. The lowest BCUT2D eigenvalue weighted by atomic mass is 10.3. The molecule has 0 bridgehead atoms. The van der Waals surface area contributed by atoms with Crippen LogP contribution in [0.25, 0.3) is 0 Å². The molecular formula is C7H17NO3S. The normalized spacial score (nSPS) is 16.0. The van der Waals surface area contributed by atoms with Crippen molar-refractivity contribution >= 4 is 12.8 Å². The van der Waals surface area contributed by atoms with Crippen LogP contribution in [0.1, 0.15) is 13.3 Å². The Bertz CT molecular complexity index is 105. The van der Waals surface area contributed by atoms with Gasteiger partial charge in [-0.1, -0.05) is 19.7 Å². The fraction of sp³-hybridized carbons (Fsp3) is 1.00. The highest BCUT2D eigenvalue weighted by Crippen LogP contribution is 1.92. The molecule has 0 saturated carbocycles. The van der Waals surface area contributed by atoms with E-state index in [1.165, 1.54) is 0 Å². The zero-order valence-corrected chi connectivity index (χ0v) is 8.13. The first-order valence-corrected chi connectivity index (χ1v) is 4.46. The highest BCUT2D eigenvalue weighted by molar-refractivity contribution is 7.78. The average molecular weight is 195 g/mol. The van der Waals surface area contributed by atoms with Crippen molar-refractivity contribution in [2.75, 3.05) is 19.8 Å². The standard InChI is InChI=1S/C7H17NO3S/c1-2-6(9)4-11-5-7(10)3-8-12/h6-10,12H,2-5H2,1H3. The van der Waals surface area contributed by atoms with Crippen molar-refractivity contribution in [1.82, 2.24) is 4.72 Å². The summed E-state index contributed by atoms with van der Waals surface area (Å²) in [6, 6.07) is 0. The monoisotopic (exact) mass is 195 g/mol. The van der Waals surface area contributed by atoms with Crippen LogP contribution < -0.4 is 4.72 Å². The van der Waals surface area contributed by atoms with Crippen molar-refractivity contribution in [1.29, 1.82) is 0 Å². The third kappa shape index (κ3) is 6.87. The molecule has 0 saturated heterocycles. The van der Waals surface area contributed by atoms with E-state index in [0.29, 0.717) is 13.0 Å². The van der Waals surface area contributed by atoms with Gasteiger partial charge < -0.3 is 14.9 Å². The first kappa shape index (κ1) is 12.2. The number of hydrogen-bond acceptors (Lipinski definition) is 5. The van der Waals surface area contributed by atoms with Crippen LogP contribution in [-0.4, -0.2) is 42.2 Å². The summed E-state index contributed by atoms with van der Waals surface area (Å²) in [6.45, 7) is 2.76. The van der Waals surface area contributed by atoms with E-state index in [1.807, 2.05) is 6.92 Å². The van der Waals surface area contributed by atoms with Crippen molar-refractivity contribution in [2.45, 2.75) is 25.6 Å². The molecule has 5 heteroatoms. The SMILES string of the molecule is CCC(O)COCC(O)CNS. The number of aliphatic hydroxyl groups excluding tert-OH is 2. The summed E-state index contributed by atoms with van der Waals surface area (Å²) in [5.74, 6) is 0. The average Bonchev–Trinajstić information content (AvgIpc) is 2.04. The van der Waals surface area contributed by atoms with Gasteiger partial charge in [0.2, 0.25) is 0 Å². The van der Waals surface area contributed by atoms with Crippen LogP contribution in [0.15, 0.2) is 0 Å². The zero-order valence-electron chi connectivity index (χ0n) is 7.23. The van der Waals surface area contributed by atoms with Crippen molar-refractivity contribution in [3.63, 3.8) is 0 Å². The maximum atomic E-state index is 9.12. The van der Waals surface area contributed by atoms with E-state index in [4.69, 9.17) is 14.9 Å². The minimum Gasteiger partial charge on any atom is -0.391 e. The van der Waals surface area contributed by atoms with E-state index in [-0.39, 0.29) is 13.2 Å². The second-order valence-corrected chi connectivity index (χ2v) is 2.93. The number of rotatable bonds is 7. The summed E-state index contributed by atoms with van der Waals surface area (Å²) >= 11 is 3.73. The van der Waals surface area contributed by atoms with Gasteiger partial charge in [0.1, 0.15) is 0 Å². The highest BCUT2D eigenvalue weighted by Gasteiger charge is 2.04. The minimum atomic E-state index is -0.563. The van der Waals surface area contributed by atoms with Crippen LogP contribution in [0.2, 0.25) is 0 Å². The van der Waals surface area contributed by atoms with Gasteiger partial charge in [0.15, 0.2) is 0 Å². The van der Waals surface area contributed by atoms with Crippen LogP contribution in [-0.2, 0) is 4.74 Å². The second-order valence-electron chi connectivity index (χ2n) is 2.62. The lowest BCUT2D eigenvalue weighted by Crippen LogP contribution is -2.27. The Balaban J connectivity index is 3.18. The van der Waals surface area contributed by atoms with E-state index in [1.54, 1.807) is 0 Å². The Hall–Kier alpha value is 0.190. The van der Waals surface area contributed by atoms with Gasteiger partial charge in [0.25, 0.3) is 0 Å². The molecule has 0 aromatic heterocycles. The molecule has 0 aliphatic heterocycles. The molecule has 2 atom stereocenters. The number of nitrogens with one attached hydrogen (secondary N) is 1. The Morgan fingerprint density at radius 1 is 1.33 bits per heavy atom. The largest absolute Gasteiger partial charge is 0.391 e. The van der Waals surface area contributed by atoms with E-state index < -0.39 is 12.2 Å². The molecule has 0 aliphatic carbocycles. The number of thiol groups is 1. The lowest BCUT2D eigenvalue weighted by Gasteiger charge is -2.12.